The average molecular weight is 294 g/mol. The van der Waals surface area contributed by atoms with Gasteiger partial charge in [-0.2, -0.15) is 0 Å². The van der Waals surface area contributed by atoms with Gasteiger partial charge in [0.1, 0.15) is 4.32 Å². The van der Waals surface area contributed by atoms with Gasteiger partial charge in [-0.05, 0) is 37.1 Å². The molecule has 19 heavy (non-hydrogen) atoms. The first-order valence-corrected chi connectivity index (χ1v) is 7.12. The van der Waals surface area contributed by atoms with E-state index in [1.54, 1.807) is 0 Å². The number of anilines is 1. The lowest BCUT2D eigenvalue weighted by atomic mass is 10.1. The maximum absolute atomic E-state index is 11.9. The van der Waals surface area contributed by atoms with E-state index in [-0.39, 0.29) is 18.2 Å². The predicted molar refractivity (Wildman–Crippen MR) is 81.3 cm³/mol. The van der Waals surface area contributed by atoms with Gasteiger partial charge in [0.25, 0.3) is 0 Å². The van der Waals surface area contributed by atoms with E-state index in [0.29, 0.717) is 4.32 Å². The fourth-order valence-electron chi connectivity index (χ4n) is 1.95. The predicted octanol–water partition coefficient (Wildman–Crippen LogP) is 2.15. The SMILES string of the molecule is Cc1cc(C)cc(NC(=O)CC2SC(=S)NC2=O)c1. The van der Waals surface area contributed by atoms with Crippen LogP contribution in [0.15, 0.2) is 18.2 Å². The van der Waals surface area contributed by atoms with E-state index < -0.39 is 5.25 Å². The summed E-state index contributed by atoms with van der Waals surface area (Å²) in [6.07, 6.45) is 0.129. The fourth-order valence-corrected chi connectivity index (χ4v) is 3.22. The normalized spacial score (nSPS) is 18.3. The van der Waals surface area contributed by atoms with Crippen LogP contribution in [-0.2, 0) is 9.59 Å². The summed E-state index contributed by atoms with van der Waals surface area (Å²) in [5, 5.41) is 4.92. The van der Waals surface area contributed by atoms with E-state index in [1.807, 2.05) is 32.0 Å². The third-order valence-electron chi connectivity index (χ3n) is 2.64. The monoisotopic (exact) mass is 294 g/mol. The lowest BCUT2D eigenvalue weighted by Crippen LogP contribution is -2.27. The van der Waals surface area contributed by atoms with Crippen molar-refractivity contribution in [3.63, 3.8) is 0 Å². The highest BCUT2D eigenvalue weighted by Gasteiger charge is 2.30. The van der Waals surface area contributed by atoms with Crippen molar-refractivity contribution < 1.29 is 9.59 Å². The Balaban J connectivity index is 1.98. The molecule has 0 saturated carbocycles. The van der Waals surface area contributed by atoms with Crippen LogP contribution in [0.5, 0.6) is 0 Å². The molecule has 1 heterocycles. The molecule has 100 valence electrons. The maximum Gasteiger partial charge on any atom is 0.239 e. The molecule has 0 spiro atoms. The van der Waals surface area contributed by atoms with Crippen molar-refractivity contribution in [1.82, 2.24) is 5.32 Å². The first kappa shape index (κ1) is 14.0. The minimum atomic E-state index is -0.418. The van der Waals surface area contributed by atoms with Gasteiger partial charge in [0.2, 0.25) is 11.8 Å². The molecule has 4 nitrogen and oxygen atoms in total. The Morgan fingerprint density at radius 3 is 2.53 bits per heavy atom. The van der Waals surface area contributed by atoms with Crippen LogP contribution in [0, 0.1) is 13.8 Å². The van der Waals surface area contributed by atoms with Crippen LogP contribution in [0.1, 0.15) is 17.5 Å². The zero-order chi connectivity index (χ0) is 14.0. The van der Waals surface area contributed by atoms with Crippen molar-refractivity contribution in [3.8, 4) is 0 Å². The molecule has 0 aliphatic carbocycles. The number of aryl methyl sites for hydroxylation is 2. The van der Waals surface area contributed by atoms with Gasteiger partial charge in [-0.15, -0.1) is 0 Å². The second kappa shape index (κ2) is 5.71. The molecule has 6 heteroatoms. The Kier molecular flexibility index (Phi) is 4.21. The molecule has 1 unspecified atom stereocenters. The van der Waals surface area contributed by atoms with Crippen LogP contribution < -0.4 is 10.6 Å². The summed E-state index contributed by atoms with van der Waals surface area (Å²) in [5.41, 5.74) is 2.93. The number of nitrogens with one attached hydrogen (secondary N) is 2. The highest BCUT2D eigenvalue weighted by atomic mass is 32.2. The van der Waals surface area contributed by atoms with Gasteiger partial charge in [-0.25, -0.2) is 0 Å². The molecule has 1 atom stereocenters. The molecule has 1 aliphatic heterocycles. The standard InChI is InChI=1S/C13H14N2O2S2/c1-7-3-8(2)5-9(4-7)14-11(16)6-10-12(17)15-13(18)19-10/h3-5,10H,6H2,1-2H3,(H,14,16)(H,15,17,18). The molecule has 1 aromatic carbocycles. The summed E-state index contributed by atoms with van der Waals surface area (Å²) < 4.78 is 0.439. The van der Waals surface area contributed by atoms with E-state index in [2.05, 4.69) is 10.6 Å². The number of thioether (sulfide) groups is 1. The molecule has 2 N–H and O–H groups in total. The molecule has 0 bridgehead atoms. The molecular formula is C13H14N2O2S2. The number of thiocarbonyl (C=S) groups is 1. The largest absolute Gasteiger partial charge is 0.326 e. The molecule has 2 rings (SSSR count). The van der Waals surface area contributed by atoms with Crippen LogP contribution in [0.4, 0.5) is 5.69 Å². The number of hydrogen-bond donors (Lipinski definition) is 2. The Bertz CT molecular complexity index is 537. The van der Waals surface area contributed by atoms with E-state index in [4.69, 9.17) is 12.2 Å². The minimum Gasteiger partial charge on any atom is -0.326 e. The highest BCUT2D eigenvalue weighted by Crippen LogP contribution is 2.23. The van der Waals surface area contributed by atoms with Crippen LogP contribution in [0.3, 0.4) is 0 Å². The van der Waals surface area contributed by atoms with Gasteiger partial charge in [-0.3, -0.25) is 9.59 Å². The first-order valence-electron chi connectivity index (χ1n) is 5.83. The molecule has 1 fully saturated rings. The zero-order valence-electron chi connectivity index (χ0n) is 10.6. The summed E-state index contributed by atoms with van der Waals surface area (Å²) in [6, 6.07) is 5.84. The number of rotatable bonds is 3. The van der Waals surface area contributed by atoms with Crippen LogP contribution in [-0.4, -0.2) is 21.4 Å². The quantitative estimate of drug-likeness (QED) is 0.839. The van der Waals surface area contributed by atoms with Gasteiger partial charge in [0, 0.05) is 12.1 Å². The number of amides is 2. The van der Waals surface area contributed by atoms with Crippen LogP contribution in [0.2, 0.25) is 0 Å². The first-order chi connectivity index (χ1) is 8.94. The second-order valence-corrected chi connectivity index (χ2v) is 6.39. The van der Waals surface area contributed by atoms with Crippen molar-refractivity contribution in [2.45, 2.75) is 25.5 Å². The van der Waals surface area contributed by atoms with Gasteiger partial charge in [-0.1, -0.05) is 30.0 Å². The third kappa shape index (κ3) is 3.78. The van der Waals surface area contributed by atoms with E-state index in [9.17, 15) is 9.59 Å². The molecule has 1 saturated heterocycles. The molecule has 1 aliphatic rings. The number of benzene rings is 1. The highest BCUT2D eigenvalue weighted by molar-refractivity contribution is 8.24. The van der Waals surface area contributed by atoms with Crippen molar-refractivity contribution in [3.05, 3.63) is 29.3 Å². The number of carbonyl (C=O) groups excluding carboxylic acids is 2. The summed E-state index contributed by atoms with van der Waals surface area (Å²) in [6.45, 7) is 3.95. The van der Waals surface area contributed by atoms with E-state index in [1.165, 1.54) is 11.8 Å². The molecular weight excluding hydrogens is 280 g/mol. The molecule has 0 aromatic heterocycles. The fraction of sp³-hybridized carbons (Fsp3) is 0.308. The Hall–Kier alpha value is -1.40. The van der Waals surface area contributed by atoms with Crippen LogP contribution >= 0.6 is 24.0 Å². The number of hydrogen-bond acceptors (Lipinski definition) is 4. The summed E-state index contributed by atoms with van der Waals surface area (Å²) in [7, 11) is 0. The number of carbonyl (C=O) groups is 2. The lowest BCUT2D eigenvalue weighted by Gasteiger charge is -2.09. The van der Waals surface area contributed by atoms with Crippen molar-refractivity contribution >= 4 is 45.8 Å². The van der Waals surface area contributed by atoms with Crippen molar-refractivity contribution in [1.29, 1.82) is 0 Å². The second-order valence-electron chi connectivity index (χ2n) is 4.51. The van der Waals surface area contributed by atoms with Crippen LogP contribution in [0.25, 0.3) is 0 Å². The molecule has 0 radical (unpaired) electrons. The Morgan fingerprint density at radius 1 is 1.37 bits per heavy atom. The van der Waals surface area contributed by atoms with Gasteiger partial charge < -0.3 is 10.6 Å². The van der Waals surface area contributed by atoms with E-state index >= 15 is 0 Å². The summed E-state index contributed by atoms with van der Waals surface area (Å²) in [5.74, 6) is -0.368. The van der Waals surface area contributed by atoms with E-state index in [0.717, 1.165) is 16.8 Å². The third-order valence-corrected chi connectivity index (χ3v) is 4.02. The Morgan fingerprint density at radius 2 is 2.00 bits per heavy atom. The van der Waals surface area contributed by atoms with Crippen molar-refractivity contribution in [2.75, 3.05) is 5.32 Å². The zero-order valence-corrected chi connectivity index (χ0v) is 12.3. The molecule has 2 amide bonds. The van der Waals surface area contributed by atoms with Gasteiger partial charge >= 0.3 is 0 Å². The van der Waals surface area contributed by atoms with Crippen molar-refractivity contribution in [2.24, 2.45) is 0 Å². The Labute approximate surface area is 121 Å². The van der Waals surface area contributed by atoms with Gasteiger partial charge in [0.05, 0.1) is 5.25 Å². The van der Waals surface area contributed by atoms with Gasteiger partial charge in [0.15, 0.2) is 0 Å². The maximum atomic E-state index is 11.9. The smallest absolute Gasteiger partial charge is 0.239 e. The molecule has 1 aromatic rings. The topological polar surface area (TPSA) is 58.2 Å². The average Bonchev–Trinajstić information content (AvgIpc) is 2.55. The lowest BCUT2D eigenvalue weighted by molar-refractivity contribution is -0.122. The summed E-state index contributed by atoms with van der Waals surface area (Å²) >= 11 is 6.12. The minimum absolute atomic E-state index is 0.129. The summed E-state index contributed by atoms with van der Waals surface area (Å²) in [4.78, 5) is 23.4.